The van der Waals surface area contributed by atoms with E-state index in [0.717, 1.165) is 35.1 Å². The van der Waals surface area contributed by atoms with Gasteiger partial charge in [-0.15, -0.1) is 0 Å². The normalized spacial score (nSPS) is 11.4. The van der Waals surface area contributed by atoms with Gasteiger partial charge in [-0.1, -0.05) is 140 Å². The third-order valence-corrected chi connectivity index (χ3v) is 7.39. The minimum atomic E-state index is 0.0294. The number of para-hydroxylation sites is 2. The first-order valence-corrected chi connectivity index (χ1v) is 14.1. The molecule has 2 N–H and O–H groups in total. The molecule has 2 heteroatoms. The fourth-order valence-corrected chi connectivity index (χ4v) is 5.12. The van der Waals surface area contributed by atoms with Gasteiger partial charge >= 0.3 is 0 Å². The summed E-state index contributed by atoms with van der Waals surface area (Å²) in [6.45, 7) is 6.17. The number of aromatic hydroxyl groups is 2. The molecule has 34 heavy (non-hydrogen) atoms. The smallest absolute Gasteiger partial charge is 0.122 e. The fraction of sp³-hybridized carbons (Fsp3) is 0.625. The van der Waals surface area contributed by atoms with Crippen LogP contribution in [0.15, 0.2) is 36.4 Å². The molecule has 2 nitrogen and oxygen atoms in total. The van der Waals surface area contributed by atoms with Crippen LogP contribution in [0, 0.1) is 13.8 Å². The molecule has 0 aliphatic carbocycles. The van der Waals surface area contributed by atoms with Crippen LogP contribution in [0.4, 0.5) is 0 Å². The Hall–Kier alpha value is -1.96. The highest BCUT2D eigenvalue weighted by Gasteiger charge is 2.21. The highest BCUT2D eigenvalue weighted by molar-refractivity contribution is 5.50. The molecule has 2 rings (SSSR count). The van der Waals surface area contributed by atoms with Crippen LogP contribution in [0.2, 0.25) is 0 Å². The molecule has 2 aromatic rings. The van der Waals surface area contributed by atoms with Gasteiger partial charge in [0.1, 0.15) is 11.5 Å². The van der Waals surface area contributed by atoms with E-state index in [-0.39, 0.29) is 5.92 Å². The van der Waals surface area contributed by atoms with Gasteiger partial charge in [-0.2, -0.15) is 0 Å². The second kappa shape index (κ2) is 16.6. The van der Waals surface area contributed by atoms with Crippen molar-refractivity contribution < 1.29 is 10.2 Å². The molecule has 0 aliphatic rings. The van der Waals surface area contributed by atoms with Crippen molar-refractivity contribution >= 4 is 0 Å². The van der Waals surface area contributed by atoms with Crippen LogP contribution in [0.5, 0.6) is 11.5 Å². The van der Waals surface area contributed by atoms with Crippen LogP contribution in [-0.4, -0.2) is 10.2 Å². The zero-order valence-electron chi connectivity index (χ0n) is 22.2. The number of unbranched alkanes of at least 4 members (excludes halogenated alkanes) is 14. The van der Waals surface area contributed by atoms with E-state index in [1.165, 1.54) is 89.9 Å². The summed E-state index contributed by atoms with van der Waals surface area (Å²) >= 11 is 0. The third kappa shape index (κ3) is 9.72. The van der Waals surface area contributed by atoms with Gasteiger partial charge in [0.25, 0.3) is 0 Å². The van der Waals surface area contributed by atoms with Crippen LogP contribution in [0.25, 0.3) is 0 Å². The number of phenols is 2. The molecule has 0 atom stereocenters. The molecule has 0 radical (unpaired) electrons. The monoisotopic (exact) mass is 466 g/mol. The third-order valence-electron chi connectivity index (χ3n) is 7.39. The zero-order valence-corrected chi connectivity index (χ0v) is 22.2. The standard InChI is InChI=1S/C32H50O2/c1-4-5-6-7-8-9-10-11-12-13-14-15-16-17-18-23-28(29-24-19-21-26(2)31(29)33)30-25-20-22-27(3)32(30)34/h19-22,24-25,28,33-34H,4-18,23H2,1-3H3. The van der Waals surface area contributed by atoms with E-state index >= 15 is 0 Å². The summed E-state index contributed by atoms with van der Waals surface area (Å²) in [6, 6.07) is 11.9. The lowest BCUT2D eigenvalue weighted by Crippen LogP contribution is -2.04. The molecule has 0 aromatic heterocycles. The van der Waals surface area contributed by atoms with Crippen LogP contribution < -0.4 is 0 Å². The molecule has 0 amide bonds. The zero-order chi connectivity index (χ0) is 24.6. The maximum Gasteiger partial charge on any atom is 0.122 e. The molecule has 0 aliphatic heterocycles. The van der Waals surface area contributed by atoms with Crippen molar-refractivity contribution in [1.29, 1.82) is 0 Å². The molecule has 0 saturated heterocycles. The Morgan fingerprint density at radius 3 is 1.26 bits per heavy atom. The Labute approximate surface area is 209 Å². The number of hydrogen-bond acceptors (Lipinski definition) is 2. The summed E-state index contributed by atoms with van der Waals surface area (Å²) in [6.07, 6.45) is 21.3. The van der Waals surface area contributed by atoms with E-state index in [2.05, 4.69) is 6.92 Å². The predicted octanol–water partition coefficient (Wildman–Crippen LogP) is 10.1. The largest absolute Gasteiger partial charge is 0.507 e. The summed E-state index contributed by atoms with van der Waals surface area (Å²) in [5, 5.41) is 21.5. The minimum Gasteiger partial charge on any atom is -0.507 e. The summed E-state index contributed by atoms with van der Waals surface area (Å²) in [4.78, 5) is 0. The maximum atomic E-state index is 10.7. The highest BCUT2D eigenvalue weighted by Crippen LogP contribution is 2.41. The van der Waals surface area contributed by atoms with E-state index in [9.17, 15) is 10.2 Å². The molecule has 0 bridgehead atoms. The van der Waals surface area contributed by atoms with Crippen molar-refractivity contribution in [3.05, 3.63) is 58.7 Å². The molecule has 0 unspecified atom stereocenters. The van der Waals surface area contributed by atoms with Crippen LogP contribution >= 0.6 is 0 Å². The molecule has 0 saturated carbocycles. The van der Waals surface area contributed by atoms with Crippen molar-refractivity contribution in [2.45, 2.75) is 129 Å². The van der Waals surface area contributed by atoms with E-state index in [0.29, 0.717) is 11.5 Å². The second-order valence-electron chi connectivity index (χ2n) is 10.3. The van der Waals surface area contributed by atoms with Gasteiger partial charge in [-0.05, 0) is 31.4 Å². The Kier molecular flexibility index (Phi) is 13.8. The summed E-state index contributed by atoms with van der Waals surface area (Å²) < 4.78 is 0. The van der Waals surface area contributed by atoms with Crippen molar-refractivity contribution in [2.75, 3.05) is 0 Å². The highest BCUT2D eigenvalue weighted by atomic mass is 16.3. The molecule has 0 fully saturated rings. The van der Waals surface area contributed by atoms with E-state index < -0.39 is 0 Å². The fourth-order valence-electron chi connectivity index (χ4n) is 5.12. The summed E-state index contributed by atoms with van der Waals surface area (Å²) in [5.41, 5.74) is 3.66. The average Bonchev–Trinajstić information content (AvgIpc) is 2.83. The summed E-state index contributed by atoms with van der Waals surface area (Å²) in [7, 11) is 0. The van der Waals surface area contributed by atoms with Gasteiger partial charge in [0.15, 0.2) is 0 Å². The maximum absolute atomic E-state index is 10.7. The first kappa shape index (κ1) is 28.3. The number of benzene rings is 2. The number of aryl methyl sites for hydroxylation is 2. The molecule has 2 aromatic carbocycles. The Bertz CT molecular complexity index is 759. The predicted molar refractivity (Wildman–Crippen MR) is 147 cm³/mol. The minimum absolute atomic E-state index is 0.0294. The van der Waals surface area contributed by atoms with Crippen molar-refractivity contribution in [1.82, 2.24) is 0 Å². The summed E-state index contributed by atoms with van der Waals surface area (Å²) in [5.74, 6) is 0.769. The van der Waals surface area contributed by atoms with Gasteiger partial charge in [-0.3, -0.25) is 0 Å². The van der Waals surface area contributed by atoms with Crippen LogP contribution in [0.3, 0.4) is 0 Å². The Morgan fingerprint density at radius 2 is 0.882 bits per heavy atom. The van der Waals surface area contributed by atoms with Crippen molar-refractivity contribution in [2.24, 2.45) is 0 Å². The molecule has 0 heterocycles. The van der Waals surface area contributed by atoms with Crippen LogP contribution in [-0.2, 0) is 0 Å². The molecule has 0 spiro atoms. The second-order valence-corrected chi connectivity index (χ2v) is 10.3. The lowest BCUT2D eigenvalue weighted by molar-refractivity contribution is 0.443. The van der Waals surface area contributed by atoms with E-state index in [1.54, 1.807) is 0 Å². The molecule has 190 valence electrons. The van der Waals surface area contributed by atoms with E-state index in [1.807, 2.05) is 50.2 Å². The molecular weight excluding hydrogens is 416 g/mol. The van der Waals surface area contributed by atoms with E-state index in [4.69, 9.17) is 0 Å². The van der Waals surface area contributed by atoms with Crippen LogP contribution in [0.1, 0.15) is 138 Å². The number of hydrogen-bond donors (Lipinski definition) is 2. The van der Waals surface area contributed by atoms with Crippen molar-refractivity contribution in [3.8, 4) is 11.5 Å². The quantitative estimate of drug-likeness (QED) is 0.214. The first-order chi connectivity index (χ1) is 16.6. The van der Waals surface area contributed by atoms with Gasteiger partial charge in [0, 0.05) is 17.0 Å². The molecular formula is C32H50O2. The SMILES string of the molecule is CCCCCCCCCCCCCCCCCC(c1cccc(C)c1O)c1cccc(C)c1O. The average molecular weight is 467 g/mol. The lowest BCUT2D eigenvalue weighted by Gasteiger charge is -2.22. The lowest BCUT2D eigenvalue weighted by atomic mass is 9.84. The topological polar surface area (TPSA) is 40.5 Å². The Balaban J connectivity index is 1.69. The first-order valence-electron chi connectivity index (χ1n) is 14.1. The van der Waals surface area contributed by atoms with Crippen molar-refractivity contribution in [3.63, 3.8) is 0 Å². The number of rotatable bonds is 18. The Morgan fingerprint density at radius 1 is 0.529 bits per heavy atom. The number of phenolic OH excluding ortho intramolecular Hbond substituents is 2. The van der Waals surface area contributed by atoms with Gasteiger partial charge < -0.3 is 10.2 Å². The van der Waals surface area contributed by atoms with Gasteiger partial charge in [0.2, 0.25) is 0 Å². The van der Waals surface area contributed by atoms with Gasteiger partial charge in [-0.25, -0.2) is 0 Å². The van der Waals surface area contributed by atoms with Gasteiger partial charge in [0.05, 0.1) is 0 Å².